The van der Waals surface area contributed by atoms with E-state index in [0.717, 1.165) is 16.4 Å². The number of amides is 1. The van der Waals surface area contributed by atoms with Crippen molar-refractivity contribution in [2.75, 3.05) is 5.32 Å². The van der Waals surface area contributed by atoms with Crippen LogP contribution in [0.2, 0.25) is 0 Å². The molecule has 2 aromatic carbocycles. The number of hydrogen-bond donors (Lipinski definition) is 1. The van der Waals surface area contributed by atoms with Crippen LogP contribution in [0.25, 0.3) is 16.4 Å². The molecule has 1 amide bonds. The molecule has 1 atom stereocenters. The Balaban J connectivity index is 1.62. The maximum absolute atomic E-state index is 13.8. The molecule has 0 aliphatic rings. The zero-order valence-electron chi connectivity index (χ0n) is 15.4. The summed E-state index contributed by atoms with van der Waals surface area (Å²) >= 11 is 2.85. The van der Waals surface area contributed by atoms with Gasteiger partial charge in [0, 0.05) is 5.69 Å². The van der Waals surface area contributed by atoms with Gasteiger partial charge in [-0.3, -0.25) is 9.36 Å². The van der Waals surface area contributed by atoms with E-state index in [1.165, 1.54) is 23.9 Å². The number of nitrogens with zero attached hydrogens (tertiary/aromatic N) is 3. The predicted octanol–water partition coefficient (Wildman–Crippen LogP) is 5.25. The Morgan fingerprint density at radius 1 is 1.07 bits per heavy atom. The molecule has 0 aliphatic carbocycles. The van der Waals surface area contributed by atoms with Gasteiger partial charge in [-0.15, -0.1) is 21.5 Å². The van der Waals surface area contributed by atoms with Crippen LogP contribution in [0.5, 0.6) is 0 Å². The maximum Gasteiger partial charge on any atom is 0.237 e. The van der Waals surface area contributed by atoms with Crippen molar-refractivity contribution in [2.45, 2.75) is 17.3 Å². The van der Waals surface area contributed by atoms with Crippen molar-refractivity contribution in [3.63, 3.8) is 0 Å². The summed E-state index contributed by atoms with van der Waals surface area (Å²) in [5.74, 6) is -0.0544. The van der Waals surface area contributed by atoms with Crippen molar-refractivity contribution in [3.05, 3.63) is 77.9 Å². The first-order valence-electron chi connectivity index (χ1n) is 8.90. The fraction of sp³-hybridized carbons (Fsp3) is 0.0952. The van der Waals surface area contributed by atoms with Crippen LogP contribution in [0.4, 0.5) is 10.1 Å². The molecule has 8 heteroatoms. The van der Waals surface area contributed by atoms with Crippen LogP contribution in [0.15, 0.2) is 77.3 Å². The molecule has 4 rings (SSSR count). The second kappa shape index (κ2) is 8.59. The fourth-order valence-corrected chi connectivity index (χ4v) is 4.30. The van der Waals surface area contributed by atoms with Gasteiger partial charge < -0.3 is 5.32 Å². The number of para-hydroxylation sites is 2. The highest BCUT2D eigenvalue weighted by atomic mass is 32.2. The van der Waals surface area contributed by atoms with Gasteiger partial charge in [0.25, 0.3) is 0 Å². The number of halogens is 1. The van der Waals surface area contributed by atoms with E-state index in [-0.39, 0.29) is 11.6 Å². The number of carbonyl (C=O) groups is 1. The standard InChI is InChI=1S/C21H17FN4OS2/c1-14(20(27)23-17-11-6-5-10-16(17)22)29-21-25-24-19(18-12-7-13-28-18)26(21)15-8-3-2-4-9-15/h2-14H,1H3,(H,23,27)/t14-/m1/s1. The van der Waals surface area contributed by atoms with Gasteiger partial charge in [-0.05, 0) is 42.6 Å². The van der Waals surface area contributed by atoms with Gasteiger partial charge in [0.05, 0.1) is 15.8 Å². The fourth-order valence-electron chi connectivity index (χ4n) is 2.73. The number of aromatic nitrogens is 3. The van der Waals surface area contributed by atoms with Gasteiger partial charge >= 0.3 is 0 Å². The van der Waals surface area contributed by atoms with Gasteiger partial charge in [-0.2, -0.15) is 0 Å². The second-order valence-corrected chi connectivity index (χ2v) is 8.44. The Kier molecular flexibility index (Phi) is 5.73. The molecular formula is C21H17FN4OS2. The number of benzene rings is 2. The lowest BCUT2D eigenvalue weighted by Crippen LogP contribution is -2.23. The van der Waals surface area contributed by atoms with Crippen LogP contribution in [-0.2, 0) is 4.79 Å². The Morgan fingerprint density at radius 3 is 2.55 bits per heavy atom. The number of carbonyl (C=O) groups excluding carboxylic acids is 1. The Labute approximate surface area is 175 Å². The molecule has 1 N–H and O–H groups in total. The van der Waals surface area contributed by atoms with E-state index >= 15 is 0 Å². The molecule has 0 fully saturated rings. The molecule has 2 aromatic heterocycles. The monoisotopic (exact) mass is 424 g/mol. The Hall–Kier alpha value is -2.97. The molecule has 146 valence electrons. The van der Waals surface area contributed by atoms with E-state index in [1.54, 1.807) is 30.4 Å². The number of thiophene rings is 1. The normalized spacial score (nSPS) is 11.9. The van der Waals surface area contributed by atoms with E-state index in [1.807, 2.05) is 52.4 Å². The Morgan fingerprint density at radius 2 is 1.83 bits per heavy atom. The molecule has 2 heterocycles. The topological polar surface area (TPSA) is 59.8 Å². The molecule has 0 bridgehead atoms. The summed E-state index contributed by atoms with van der Waals surface area (Å²) in [6.07, 6.45) is 0. The number of nitrogens with one attached hydrogen (secondary N) is 1. The number of anilines is 1. The lowest BCUT2D eigenvalue weighted by Gasteiger charge is -2.14. The minimum Gasteiger partial charge on any atom is -0.323 e. The highest BCUT2D eigenvalue weighted by Crippen LogP contribution is 2.32. The number of hydrogen-bond acceptors (Lipinski definition) is 5. The van der Waals surface area contributed by atoms with Crippen molar-refractivity contribution >= 4 is 34.7 Å². The molecule has 4 aromatic rings. The van der Waals surface area contributed by atoms with Gasteiger partial charge in [0.15, 0.2) is 11.0 Å². The van der Waals surface area contributed by atoms with Gasteiger partial charge in [-0.1, -0.05) is 48.2 Å². The third kappa shape index (κ3) is 4.23. The largest absolute Gasteiger partial charge is 0.323 e. The molecule has 5 nitrogen and oxygen atoms in total. The van der Waals surface area contributed by atoms with Crippen LogP contribution in [0, 0.1) is 5.82 Å². The summed E-state index contributed by atoms with van der Waals surface area (Å²) in [6, 6.07) is 19.8. The number of rotatable bonds is 6. The van der Waals surface area contributed by atoms with E-state index in [2.05, 4.69) is 15.5 Å². The molecule has 0 saturated carbocycles. The second-order valence-electron chi connectivity index (χ2n) is 6.18. The van der Waals surface area contributed by atoms with Crippen LogP contribution in [0.3, 0.4) is 0 Å². The van der Waals surface area contributed by atoms with Gasteiger partial charge in [-0.25, -0.2) is 4.39 Å². The minimum atomic E-state index is -0.502. The summed E-state index contributed by atoms with van der Waals surface area (Å²) in [5, 5.41) is 13.4. The van der Waals surface area contributed by atoms with E-state index in [9.17, 15) is 9.18 Å². The summed E-state index contributed by atoms with van der Waals surface area (Å²) in [7, 11) is 0. The smallest absolute Gasteiger partial charge is 0.237 e. The van der Waals surface area contributed by atoms with Gasteiger partial charge in [0.2, 0.25) is 5.91 Å². The first-order chi connectivity index (χ1) is 14.1. The van der Waals surface area contributed by atoms with Gasteiger partial charge in [0.1, 0.15) is 5.82 Å². The molecule has 0 radical (unpaired) electrons. The first kappa shape index (κ1) is 19.4. The summed E-state index contributed by atoms with van der Waals surface area (Å²) in [6.45, 7) is 1.76. The van der Waals surface area contributed by atoms with Crippen LogP contribution < -0.4 is 5.32 Å². The predicted molar refractivity (Wildman–Crippen MR) is 115 cm³/mol. The van der Waals surface area contributed by atoms with E-state index in [0.29, 0.717) is 5.16 Å². The molecule has 29 heavy (non-hydrogen) atoms. The highest BCUT2D eigenvalue weighted by molar-refractivity contribution is 8.00. The van der Waals surface area contributed by atoms with Crippen LogP contribution >= 0.6 is 23.1 Å². The lowest BCUT2D eigenvalue weighted by molar-refractivity contribution is -0.115. The zero-order valence-corrected chi connectivity index (χ0v) is 17.1. The van der Waals surface area contributed by atoms with Crippen molar-refractivity contribution in [2.24, 2.45) is 0 Å². The zero-order chi connectivity index (χ0) is 20.2. The molecule has 0 unspecified atom stereocenters. The average molecular weight is 425 g/mol. The summed E-state index contributed by atoms with van der Waals surface area (Å²) < 4.78 is 15.8. The quantitative estimate of drug-likeness (QED) is 0.429. The third-order valence-electron chi connectivity index (χ3n) is 4.17. The van der Waals surface area contributed by atoms with Crippen molar-refractivity contribution < 1.29 is 9.18 Å². The summed E-state index contributed by atoms with van der Waals surface area (Å²) in [5.41, 5.74) is 1.07. The highest BCUT2D eigenvalue weighted by Gasteiger charge is 2.22. The van der Waals surface area contributed by atoms with Crippen molar-refractivity contribution in [3.8, 4) is 16.4 Å². The molecule has 0 aliphatic heterocycles. The molecular weight excluding hydrogens is 407 g/mol. The van der Waals surface area contributed by atoms with Crippen molar-refractivity contribution in [1.82, 2.24) is 14.8 Å². The average Bonchev–Trinajstić information content (AvgIpc) is 3.40. The van der Waals surface area contributed by atoms with Crippen LogP contribution in [-0.4, -0.2) is 25.9 Å². The maximum atomic E-state index is 13.8. The SMILES string of the molecule is C[C@@H](Sc1nnc(-c2cccs2)n1-c1ccccc1)C(=O)Nc1ccccc1F. The summed E-state index contributed by atoms with van der Waals surface area (Å²) in [4.78, 5) is 13.6. The Bertz CT molecular complexity index is 1110. The van der Waals surface area contributed by atoms with Crippen molar-refractivity contribution in [1.29, 1.82) is 0 Å². The molecule has 0 spiro atoms. The lowest BCUT2D eigenvalue weighted by atomic mass is 10.3. The molecule has 0 saturated heterocycles. The van der Waals surface area contributed by atoms with E-state index < -0.39 is 11.1 Å². The van der Waals surface area contributed by atoms with Crippen LogP contribution in [0.1, 0.15) is 6.92 Å². The number of thioether (sulfide) groups is 1. The first-order valence-corrected chi connectivity index (χ1v) is 10.7. The van der Waals surface area contributed by atoms with E-state index in [4.69, 9.17) is 0 Å². The minimum absolute atomic E-state index is 0.161. The third-order valence-corrected chi connectivity index (χ3v) is 6.08.